The monoisotopic (exact) mass is 309 g/mol. The highest BCUT2D eigenvalue weighted by Crippen LogP contribution is 2.20. The van der Waals surface area contributed by atoms with Crippen molar-refractivity contribution in [3.05, 3.63) is 9.47 Å². The first-order valence-electron chi connectivity index (χ1n) is 5.04. The first-order valence-corrected chi connectivity index (χ1v) is 7.39. The van der Waals surface area contributed by atoms with Gasteiger partial charge in [0.25, 0.3) is 0 Å². The van der Waals surface area contributed by atoms with Crippen LogP contribution in [-0.4, -0.2) is 39.0 Å². The van der Waals surface area contributed by atoms with Crippen LogP contribution in [0.25, 0.3) is 0 Å². The van der Waals surface area contributed by atoms with Crippen molar-refractivity contribution in [2.45, 2.75) is 25.1 Å². The predicted molar refractivity (Wildman–Crippen MR) is 70.9 cm³/mol. The molecule has 100 valence electrons. The van der Waals surface area contributed by atoms with E-state index >= 15 is 0 Å². The Kier molecular flexibility index (Phi) is 6.37. The molecule has 1 rings (SSSR count). The van der Waals surface area contributed by atoms with Gasteiger partial charge in [0.05, 0.1) is 0 Å². The number of rotatable bonds is 7. The van der Waals surface area contributed by atoms with Gasteiger partial charge >= 0.3 is 5.97 Å². The largest absolute Gasteiger partial charge is 0.480 e. The zero-order chi connectivity index (χ0) is 13.5. The number of carboxylic acid groups (broad SMARTS) is 1. The minimum absolute atomic E-state index is 0.344. The predicted octanol–water partition coefficient (Wildman–Crippen LogP) is 1.40. The zero-order valence-electron chi connectivity index (χ0n) is 9.55. The van der Waals surface area contributed by atoms with E-state index in [4.69, 9.17) is 16.7 Å². The highest BCUT2D eigenvalue weighted by molar-refractivity contribution is 7.98. The summed E-state index contributed by atoms with van der Waals surface area (Å²) in [5.41, 5.74) is 0. The van der Waals surface area contributed by atoms with Crippen LogP contribution < -0.4 is 5.32 Å². The van der Waals surface area contributed by atoms with Crippen LogP contribution in [0.2, 0.25) is 4.47 Å². The van der Waals surface area contributed by atoms with E-state index in [0.29, 0.717) is 22.4 Å². The van der Waals surface area contributed by atoms with Gasteiger partial charge in [-0.25, -0.2) is 4.79 Å². The summed E-state index contributed by atoms with van der Waals surface area (Å²) in [6, 6.07) is -0.840. The van der Waals surface area contributed by atoms with E-state index in [1.54, 1.807) is 0 Å². The van der Waals surface area contributed by atoms with Crippen LogP contribution in [0.4, 0.5) is 0 Å². The van der Waals surface area contributed by atoms with E-state index in [2.05, 4.69) is 15.5 Å². The maximum absolute atomic E-state index is 10.8. The Bertz CT molecular complexity index is 427. The number of carbonyl (C=O) groups excluding carboxylic acids is 1. The normalized spacial score (nSPS) is 12.1. The van der Waals surface area contributed by atoms with Crippen LogP contribution in [0.5, 0.6) is 0 Å². The Hall–Kier alpha value is -0.860. The molecule has 9 heteroatoms. The summed E-state index contributed by atoms with van der Waals surface area (Å²) in [6.45, 7) is 1.30. The molecule has 1 heterocycles. The van der Waals surface area contributed by atoms with Crippen molar-refractivity contribution < 1.29 is 14.7 Å². The maximum Gasteiger partial charge on any atom is 0.326 e. The maximum atomic E-state index is 10.8. The third kappa shape index (κ3) is 5.65. The molecule has 0 aromatic carbocycles. The van der Waals surface area contributed by atoms with Gasteiger partial charge < -0.3 is 10.4 Å². The molecule has 1 amide bonds. The summed E-state index contributed by atoms with van der Waals surface area (Å²) in [7, 11) is 0. The third-order valence-corrected chi connectivity index (χ3v) is 4.10. The number of aromatic nitrogens is 2. The Morgan fingerprint density at radius 2 is 2.28 bits per heavy atom. The molecule has 1 unspecified atom stereocenters. The second-order valence-corrected chi connectivity index (χ2v) is 6.13. The fourth-order valence-electron chi connectivity index (χ4n) is 1.15. The number of nitrogens with zero attached hydrogens (tertiary/aromatic N) is 2. The van der Waals surface area contributed by atoms with Crippen molar-refractivity contribution in [1.29, 1.82) is 0 Å². The second kappa shape index (κ2) is 7.55. The lowest BCUT2D eigenvalue weighted by atomic mass is 10.2. The molecule has 0 saturated carbocycles. The van der Waals surface area contributed by atoms with Gasteiger partial charge in [0.15, 0.2) is 0 Å². The molecule has 2 N–H and O–H groups in total. The molecule has 0 saturated heterocycles. The molecule has 1 aromatic heterocycles. The molecule has 0 spiro atoms. The molecule has 0 aliphatic heterocycles. The number of carboxylic acids is 1. The summed E-state index contributed by atoms with van der Waals surface area (Å²) in [4.78, 5) is 21.6. The van der Waals surface area contributed by atoms with Gasteiger partial charge in [-0.15, -0.1) is 10.2 Å². The van der Waals surface area contributed by atoms with Crippen LogP contribution in [0, 0.1) is 0 Å². The number of amides is 1. The molecular weight excluding hydrogens is 298 g/mol. The van der Waals surface area contributed by atoms with Gasteiger partial charge in [-0.3, -0.25) is 4.79 Å². The fraction of sp³-hybridized carbons (Fsp3) is 0.556. The van der Waals surface area contributed by atoms with Crippen LogP contribution in [0.3, 0.4) is 0 Å². The van der Waals surface area contributed by atoms with Gasteiger partial charge in [0.1, 0.15) is 11.0 Å². The summed E-state index contributed by atoms with van der Waals surface area (Å²) in [5, 5.41) is 19.6. The van der Waals surface area contributed by atoms with Crippen LogP contribution in [0.15, 0.2) is 0 Å². The van der Waals surface area contributed by atoms with Crippen molar-refractivity contribution in [2.75, 3.05) is 5.75 Å². The van der Waals surface area contributed by atoms with Crippen LogP contribution in [-0.2, 0) is 15.3 Å². The Morgan fingerprint density at radius 3 is 2.78 bits per heavy atom. The summed E-state index contributed by atoms with van der Waals surface area (Å²) >= 11 is 8.46. The van der Waals surface area contributed by atoms with E-state index in [1.165, 1.54) is 30.0 Å². The van der Waals surface area contributed by atoms with Crippen LogP contribution >= 0.6 is 34.7 Å². The number of halogens is 1. The number of hydrogen-bond acceptors (Lipinski definition) is 6. The molecule has 1 atom stereocenters. The quantitative estimate of drug-likeness (QED) is 0.740. The SMILES string of the molecule is CC(=O)NC(CCSCc1nnc(Cl)s1)C(=O)O. The molecule has 0 bridgehead atoms. The Labute approximate surface area is 117 Å². The number of hydrogen-bond donors (Lipinski definition) is 2. The standard InChI is InChI=1S/C9H12ClN3O3S2/c1-5(14)11-6(8(15)16)2-3-17-4-7-12-13-9(10)18-7/h6H,2-4H2,1H3,(H,11,14)(H,15,16). The third-order valence-electron chi connectivity index (χ3n) is 1.89. The van der Waals surface area contributed by atoms with Crippen molar-refractivity contribution in [1.82, 2.24) is 15.5 Å². The highest BCUT2D eigenvalue weighted by atomic mass is 35.5. The minimum Gasteiger partial charge on any atom is -0.480 e. The lowest BCUT2D eigenvalue weighted by Crippen LogP contribution is -2.39. The summed E-state index contributed by atoms with van der Waals surface area (Å²) < 4.78 is 0.396. The van der Waals surface area contributed by atoms with Crippen LogP contribution in [0.1, 0.15) is 18.4 Å². The van der Waals surface area contributed by atoms with Crippen molar-refractivity contribution >= 4 is 46.6 Å². The topological polar surface area (TPSA) is 92.2 Å². The zero-order valence-corrected chi connectivity index (χ0v) is 11.9. The van der Waals surface area contributed by atoms with Crippen molar-refractivity contribution in [3.63, 3.8) is 0 Å². The summed E-state index contributed by atoms with van der Waals surface area (Å²) in [5.74, 6) is -0.126. The average Bonchev–Trinajstić information content (AvgIpc) is 2.68. The van der Waals surface area contributed by atoms with Gasteiger partial charge in [-0.05, 0) is 23.8 Å². The van der Waals surface area contributed by atoms with Gasteiger partial charge in [0, 0.05) is 12.7 Å². The van der Waals surface area contributed by atoms with Crippen molar-refractivity contribution in [2.24, 2.45) is 0 Å². The second-order valence-electron chi connectivity index (χ2n) is 3.38. The van der Waals surface area contributed by atoms with E-state index in [1.807, 2.05) is 0 Å². The van der Waals surface area contributed by atoms with E-state index < -0.39 is 12.0 Å². The molecule has 1 aromatic rings. The fourth-order valence-corrected chi connectivity index (χ4v) is 3.08. The van der Waals surface area contributed by atoms with Gasteiger partial charge in [-0.1, -0.05) is 11.3 Å². The molecular formula is C9H12ClN3O3S2. The molecule has 0 radical (unpaired) electrons. The minimum atomic E-state index is -1.02. The smallest absolute Gasteiger partial charge is 0.326 e. The van der Waals surface area contributed by atoms with E-state index in [9.17, 15) is 9.59 Å². The first-order chi connectivity index (χ1) is 8.49. The van der Waals surface area contributed by atoms with E-state index in [0.717, 1.165) is 5.01 Å². The first kappa shape index (κ1) is 15.2. The number of aliphatic carboxylic acids is 1. The molecule has 0 aliphatic rings. The lowest BCUT2D eigenvalue weighted by molar-refractivity contribution is -0.141. The summed E-state index contributed by atoms with van der Waals surface area (Å²) in [6.07, 6.45) is 0.367. The molecule has 6 nitrogen and oxygen atoms in total. The van der Waals surface area contributed by atoms with Gasteiger partial charge in [-0.2, -0.15) is 11.8 Å². The van der Waals surface area contributed by atoms with Crippen molar-refractivity contribution in [3.8, 4) is 0 Å². The van der Waals surface area contributed by atoms with E-state index in [-0.39, 0.29) is 5.91 Å². The van der Waals surface area contributed by atoms with Gasteiger partial charge in [0.2, 0.25) is 10.4 Å². The molecule has 0 aliphatic carbocycles. The molecule has 0 fully saturated rings. The Morgan fingerprint density at radius 1 is 1.56 bits per heavy atom. The highest BCUT2D eigenvalue weighted by Gasteiger charge is 2.17. The number of nitrogens with one attached hydrogen (secondary N) is 1. The Balaban J connectivity index is 2.26. The number of thioether (sulfide) groups is 1. The lowest BCUT2D eigenvalue weighted by Gasteiger charge is -2.12. The average molecular weight is 310 g/mol. The number of carbonyl (C=O) groups is 2. The molecule has 18 heavy (non-hydrogen) atoms.